The normalized spacial score (nSPS) is 30.7. The van der Waals surface area contributed by atoms with Crippen molar-refractivity contribution in [3.63, 3.8) is 0 Å². The van der Waals surface area contributed by atoms with Crippen LogP contribution >= 0.6 is 11.3 Å². The molecule has 3 rings (SSSR count). The lowest BCUT2D eigenvalue weighted by atomic mass is 9.88. The second-order valence-electron chi connectivity index (χ2n) is 5.06. The highest BCUT2D eigenvalue weighted by atomic mass is 32.1. The van der Waals surface area contributed by atoms with E-state index < -0.39 is 0 Å². The van der Waals surface area contributed by atoms with E-state index in [1.54, 1.807) is 11.3 Å². The van der Waals surface area contributed by atoms with Crippen molar-refractivity contribution >= 4 is 17.2 Å². The Labute approximate surface area is 106 Å². The molecule has 2 N–H and O–H groups in total. The lowest BCUT2D eigenvalue weighted by molar-refractivity contribution is -0.125. The molecule has 2 aliphatic heterocycles. The molecule has 2 fully saturated rings. The quantitative estimate of drug-likeness (QED) is 0.851. The maximum atomic E-state index is 12.0. The Morgan fingerprint density at radius 1 is 1.53 bits per heavy atom. The smallest absolute Gasteiger partial charge is 0.224 e. The number of fused-ring (bicyclic) bond motifs is 2. The van der Waals surface area contributed by atoms with Crippen molar-refractivity contribution in [3.05, 3.63) is 22.4 Å². The minimum Gasteiger partial charge on any atom is -0.355 e. The van der Waals surface area contributed by atoms with Gasteiger partial charge in [-0.3, -0.25) is 4.79 Å². The SMILES string of the molecule is O=C(NCCc1ccsc1)C1CC2CCC1N2. The number of hydrogen-bond donors (Lipinski definition) is 2. The first kappa shape index (κ1) is 11.2. The van der Waals surface area contributed by atoms with Gasteiger partial charge in [0.15, 0.2) is 0 Å². The van der Waals surface area contributed by atoms with Gasteiger partial charge in [-0.05, 0) is 48.1 Å². The molecule has 3 nitrogen and oxygen atoms in total. The van der Waals surface area contributed by atoms with Crippen LogP contribution in [-0.4, -0.2) is 24.5 Å². The van der Waals surface area contributed by atoms with Gasteiger partial charge in [0.05, 0.1) is 5.92 Å². The van der Waals surface area contributed by atoms with E-state index in [0.717, 1.165) is 19.4 Å². The van der Waals surface area contributed by atoms with Crippen LogP contribution < -0.4 is 10.6 Å². The number of carbonyl (C=O) groups is 1. The van der Waals surface area contributed by atoms with Crippen molar-refractivity contribution in [1.29, 1.82) is 0 Å². The molecular formula is C13H18N2OS. The molecule has 0 aliphatic carbocycles. The zero-order valence-electron chi connectivity index (χ0n) is 9.82. The molecule has 1 aromatic rings. The summed E-state index contributed by atoms with van der Waals surface area (Å²) >= 11 is 1.71. The minimum absolute atomic E-state index is 0.219. The van der Waals surface area contributed by atoms with Crippen molar-refractivity contribution in [2.24, 2.45) is 5.92 Å². The molecule has 92 valence electrons. The molecule has 1 aromatic heterocycles. The van der Waals surface area contributed by atoms with Gasteiger partial charge in [0.25, 0.3) is 0 Å². The maximum absolute atomic E-state index is 12.0. The molecule has 3 heterocycles. The van der Waals surface area contributed by atoms with Gasteiger partial charge in [0.2, 0.25) is 5.91 Å². The summed E-state index contributed by atoms with van der Waals surface area (Å²) in [5.41, 5.74) is 1.32. The van der Waals surface area contributed by atoms with Crippen LogP contribution in [0.1, 0.15) is 24.8 Å². The summed E-state index contributed by atoms with van der Waals surface area (Å²) in [4.78, 5) is 12.0. The van der Waals surface area contributed by atoms with Crippen LogP contribution in [0.25, 0.3) is 0 Å². The fraction of sp³-hybridized carbons (Fsp3) is 0.615. The first-order valence-electron chi connectivity index (χ1n) is 6.38. The van der Waals surface area contributed by atoms with Gasteiger partial charge in [0.1, 0.15) is 0 Å². The molecule has 3 atom stereocenters. The second-order valence-corrected chi connectivity index (χ2v) is 5.84. The minimum atomic E-state index is 0.219. The Balaban J connectivity index is 1.45. The monoisotopic (exact) mass is 250 g/mol. The van der Waals surface area contributed by atoms with Crippen LogP contribution in [-0.2, 0) is 11.2 Å². The molecule has 2 aliphatic rings. The Bertz CT molecular complexity index is 390. The van der Waals surface area contributed by atoms with Crippen molar-refractivity contribution in [2.75, 3.05) is 6.54 Å². The maximum Gasteiger partial charge on any atom is 0.224 e. The molecule has 0 aromatic carbocycles. The number of thiophene rings is 1. The Morgan fingerprint density at radius 2 is 2.47 bits per heavy atom. The highest BCUT2D eigenvalue weighted by Gasteiger charge is 2.42. The van der Waals surface area contributed by atoms with Gasteiger partial charge in [-0.15, -0.1) is 0 Å². The van der Waals surface area contributed by atoms with Gasteiger partial charge in [-0.1, -0.05) is 0 Å². The average Bonchev–Trinajstić information content (AvgIpc) is 3.05. The van der Waals surface area contributed by atoms with Crippen LogP contribution in [0, 0.1) is 5.92 Å². The van der Waals surface area contributed by atoms with E-state index in [0.29, 0.717) is 12.1 Å². The van der Waals surface area contributed by atoms with Crippen LogP contribution in [0.2, 0.25) is 0 Å². The highest BCUT2D eigenvalue weighted by molar-refractivity contribution is 7.07. The van der Waals surface area contributed by atoms with Crippen molar-refractivity contribution in [1.82, 2.24) is 10.6 Å². The van der Waals surface area contributed by atoms with E-state index in [-0.39, 0.29) is 11.8 Å². The van der Waals surface area contributed by atoms with E-state index in [9.17, 15) is 4.79 Å². The van der Waals surface area contributed by atoms with Crippen molar-refractivity contribution < 1.29 is 4.79 Å². The Morgan fingerprint density at radius 3 is 3.12 bits per heavy atom. The summed E-state index contributed by atoms with van der Waals surface area (Å²) in [5.74, 6) is 0.469. The second kappa shape index (κ2) is 4.78. The molecule has 17 heavy (non-hydrogen) atoms. The summed E-state index contributed by atoms with van der Waals surface area (Å²) in [6.07, 6.45) is 4.41. The topological polar surface area (TPSA) is 41.1 Å². The summed E-state index contributed by atoms with van der Waals surface area (Å²) in [6, 6.07) is 3.17. The van der Waals surface area contributed by atoms with Crippen LogP contribution in [0.15, 0.2) is 16.8 Å². The zero-order valence-corrected chi connectivity index (χ0v) is 10.6. The molecule has 2 saturated heterocycles. The van der Waals surface area contributed by atoms with Gasteiger partial charge in [-0.2, -0.15) is 11.3 Å². The zero-order chi connectivity index (χ0) is 11.7. The van der Waals surface area contributed by atoms with Gasteiger partial charge in [0, 0.05) is 18.6 Å². The summed E-state index contributed by atoms with van der Waals surface area (Å²) in [6.45, 7) is 0.767. The number of amides is 1. The molecule has 0 saturated carbocycles. The average molecular weight is 250 g/mol. The Kier molecular flexibility index (Phi) is 3.16. The van der Waals surface area contributed by atoms with E-state index >= 15 is 0 Å². The number of rotatable bonds is 4. The fourth-order valence-electron chi connectivity index (χ4n) is 3.01. The Hall–Kier alpha value is -0.870. The molecule has 0 spiro atoms. The summed E-state index contributed by atoms with van der Waals surface area (Å²) < 4.78 is 0. The predicted molar refractivity (Wildman–Crippen MR) is 69.1 cm³/mol. The van der Waals surface area contributed by atoms with Crippen molar-refractivity contribution in [2.45, 2.75) is 37.8 Å². The van der Waals surface area contributed by atoms with E-state index in [1.165, 1.54) is 18.4 Å². The molecule has 0 radical (unpaired) electrons. The van der Waals surface area contributed by atoms with Crippen LogP contribution in [0.4, 0.5) is 0 Å². The molecule has 4 heteroatoms. The third-order valence-electron chi connectivity index (χ3n) is 3.93. The molecule has 1 amide bonds. The van der Waals surface area contributed by atoms with E-state index in [4.69, 9.17) is 0 Å². The van der Waals surface area contributed by atoms with Crippen LogP contribution in [0.3, 0.4) is 0 Å². The lowest BCUT2D eigenvalue weighted by Gasteiger charge is -2.19. The number of carbonyl (C=O) groups excluding carboxylic acids is 1. The van der Waals surface area contributed by atoms with E-state index in [1.807, 2.05) is 0 Å². The van der Waals surface area contributed by atoms with Gasteiger partial charge in [-0.25, -0.2) is 0 Å². The van der Waals surface area contributed by atoms with Gasteiger partial charge < -0.3 is 10.6 Å². The number of nitrogens with one attached hydrogen (secondary N) is 2. The molecular weight excluding hydrogens is 232 g/mol. The first-order valence-corrected chi connectivity index (χ1v) is 7.32. The third-order valence-corrected chi connectivity index (χ3v) is 4.66. The number of hydrogen-bond acceptors (Lipinski definition) is 3. The van der Waals surface area contributed by atoms with Crippen molar-refractivity contribution in [3.8, 4) is 0 Å². The third kappa shape index (κ3) is 2.38. The van der Waals surface area contributed by atoms with Gasteiger partial charge >= 0.3 is 0 Å². The fourth-order valence-corrected chi connectivity index (χ4v) is 3.71. The largest absolute Gasteiger partial charge is 0.355 e. The lowest BCUT2D eigenvalue weighted by Crippen LogP contribution is -2.38. The highest BCUT2D eigenvalue weighted by Crippen LogP contribution is 2.33. The first-order chi connectivity index (χ1) is 8.33. The summed E-state index contributed by atoms with van der Waals surface area (Å²) in [5, 5.41) is 10.8. The molecule has 2 bridgehead atoms. The molecule has 3 unspecified atom stereocenters. The standard InChI is InChI=1S/C13H18N2OS/c16-13(11-7-10-1-2-12(11)15-10)14-5-3-9-4-6-17-8-9/h4,6,8,10-12,15H,1-3,5,7H2,(H,14,16). The summed E-state index contributed by atoms with van der Waals surface area (Å²) in [7, 11) is 0. The predicted octanol–water partition coefficient (Wildman–Crippen LogP) is 1.55. The van der Waals surface area contributed by atoms with Crippen LogP contribution in [0.5, 0.6) is 0 Å². The van der Waals surface area contributed by atoms with E-state index in [2.05, 4.69) is 27.5 Å².